The number of rotatable bonds is 8. The summed E-state index contributed by atoms with van der Waals surface area (Å²) in [5.41, 5.74) is 0.902. The Morgan fingerprint density at radius 2 is 1.60 bits per heavy atom. The molecule has 0 spiro atoms. The van der Waals surface area contributed by atoms with Crippen LogP contribution < -0.4 is 4.72 Å². The van der Waals surface area contributed by atoms with E-state index in [2.05, 4.69) is 4.72 Å². The zero-order valence-electron chi connectivity index (χ0n) is 11.8. The van der Waals surface area contributed by atoms with Gasteiger partial charge in [-0.05, 0) is 30.5 Å². The molecule has 0 heterocycles. The fraction of sp³-hybridized carbons (Fsp3) is 0.538. The lowest BCUT2D eigenvalue weighted by molar-refractivity contribution is 0.580. The Morgan fingerprint density at radius 3 is 2.10 bits per heavy atom. The van der Waals surface area contributed by atoms with E-state index in [0.717, 1.165) is 5.56 Å². The summed E-state index contributed by atoms with van der Waals surface area (Å²) in [7, 11) is -6.36. The molecule has 0 aliphatic carbocycles. The Hall–Kier alpha value is -0.920. The molecule has 20 heavy (non-hydrogen) atoms. The van der Waals surface area contributed by atoms with Crippen LogP contribution in [0.3, 0.4) is 0 Å². The van der Waals surface area contributed by atoms with Crippen molar-refractivity contribution in [1.29, 1.82) is 0 Å². The Morgan fingerprint density at radius 1 is 1.00 bits per heavy atom. The highest BCUT2D eigenvalue weighted by Crippen LogP contribution is 2.12. The molecule has 0 unspecified atom stereocenters. The molecule has 1 rings (SSSR count). The first kappa shape index (κ1) is 17.1. The van der Waals surface area contributed by atoms with Crippen molar-refractivity contribution in [3.05, 3.63) is 29.8 Å². The number of hydrogen-bond donors (Lipinski definition) is 1. The van der Waals surface area contributed by atoms with Gasteiger partial charge in [0.25, 0.3) is 0 Å². The van der Waals surface area contributed by atoms with Crippen molar-refractivity contribution in [1.82, 2.24) is 4.72 Å². The molecular formula is C13H21NO4S2. The fourth-order valence-corrected chi connectivity index (χ4v) is 3.70. The minimum atomic E-state index is -3.18. The SMILES string of the molecule is CCCS(=O)(=O)NCCc1ccc(S(=O)(=O)CC)cc1. The van der Waals surface area contributed by atoms with Crippen LogP contribution in [0.2, 0.25) is 0 Å². The van der Waals surface area contributed by atoms with Crippen molar-refractivity contribution in [3.8, 4) is 0 Å². The van der Waals surface area contributed by atoms with Crippen LogP contribution in [0.5, 0.6) is 0 Å². The molecule has 0 radical (unpaired) electrons. The van der Waals surface area contributed by atoms with E-state index in [1.165, 1.54) is 0 Å². The summed E-state index contributed by atoms with van der Waals surface area (Å²) in [6, 6.07) is 6.57. The second kappa shape index (κ2) is 7.19. The van der Waals surface area contributed by atoms with Crippen molar-refractivity contribution >= 4 is 19.9 Å². The van der Waals surface area contributed by atoms with Gasteiger partial charge in [0.05, 0.1) is 16.4 Å². The van der Waals surface area contributed by atoms with Gasteiger partial charge in [0.15, 0.2) is 9.84 Å². The van der Waals surface area contributed by atoms with Crippen LogP contribution in [0, 0.1) is 0 Å². The van der Waals surface area contributed by atoms with Crippen LogP contribution in [0.15, 0.2) is 29.2 Å². The molecule has 0 saturated heterocycles. The topological polar surface area (TPSA) is 80.3 Å². The summed E-state index contributed by atoms with van der Waals surface area (Å²) < 4.78 is 48.7. The van der Waals surface area contributed by atoms with Gasteiger partial charge in [-0.25, -0.2) is 21.6 Å². The Bertz CT molecular complexity index is 619. The maximum absolute atomic E-state index is 11.6. The molecule has 0 aliphatic rings. The van der Waals surface area contributed by atoms with Crippen molar-refractivity contribution in [3.63, 3.8) is 0 Å². The number of hydrogen-bond acceptors (Lipinski definition) is 4. The average molecular weight is 319 g/mol. The van der Waals surface area contributed by atoms with Gasteiger partial charge in [-0.1, -0.05) is 26.0 Å². The van der Waals surface area contributed by atoms with Gasteiger partial charge in [-0.2, -0.15) is 0 Å². The van der Waals surface area contributed by atoms with Crippen molar-refractivity contribution in [2.45, 2.75) is 31.6 Å². The molecule has 0 aliphatic heterocycles. The maximum Gasteiger partial charge on any atom is 0.211 e. The molecule has 0 amide bonds. The zero-order valence-corrected chi connectivity index (χ0v) is 13.4. The van der Waals surface area contributed by atoms with E-state index in [1.807, 2.05) is 6.92 Å². The standard InChI is InChI=1S/C13H21NO4S2/c1-3-11-20(17,18)14-10-9-12-5-7-13(8-6-12)19(15,16)4-2/h5-8,14H,3-4,9-11H2,1-2H3. The van der Waals surface area contributed by atoms with Gasteiger partial charge >= 0.3 is 0 Å². The zero-order chi connectivity index (χ0) is 15.2. The highest BCUT2D eigenvalue weighted by molar-refractivity contribution is 7.91. The predicted octanol–water partition coefficient (Wildman–Crippen LogP) is 1.35. The Balaban J connectivity index is 2.59. The number of sulfone groups is 1. The molecule has 5 nitrogen and oxygen atoms in total. The Labute approximate surface area is 121 Å². The molecule has 0 aromatic heterocycles. The highest BCUT2D eigenvalue weighted by atomic mass is 32.2. The van der Waals surface area contributed by atoms with Crippen molar-refractivity contribution in [2.24, 2.45) is 0 Å². The minimum Gasteiger partial charge on any atom is -0.224 e. The third kappa shape index (κ3) is 5.22. The number of sulfonamides is 1. The molecular weight excluding hydrogens is 298 g/mol. The van der Waals surface area contributed by atoms with E-state index < -0.39 is 19.9 Å². The lowest BCUT2D eigenvalue weighted by atomic mass is 10.2. The van der Waals surface area contributed by atoms with Gasteiger partial charge in [-0.3, -0.25) is 0 Å². The normalized spacial score (nSPS) is 12.5. The molecule has 0 fully saturated rings. The van der Waals surface area contributed by atoms with Crippen LogP contribution in [-0.4, -0.2) is 34.9 Å². The fourth-order valence-electron chi connectivity index (χ4n) is 1.72. The second-order valence-corrected chi connectivity index (χ2v) is 8.72. The van der Waals surface area contributed by atoms with E-state index in [9.17, 15) is 16.8 Å². The molecule has 1 aromatic rings. The predicted molar refractivity (Wildman–Crippen MR) is 80.0 cm³/mol. The third-order valence-electron chi connectivity index (χ3n) is 2.87. The van der Waals surface area contributed by atoms with Crippen molar-refractivity contribution < 1.29 is 16.8 Å². The average Bonchev–Trinajstić information content (AvgIpc) is 2.39. The van der Waals surface area contributed by atoms with Crippen LogP contribution in [0.25, 0.3) is 0 Å². The second-order valence-electron chi connectivity index (χ2n) is 4.51. The molecule has 0 saturated carbocycles. The summed E-state index contributed by atoms with van der Waals surface area (Å²) in [5.74, 6) is 0.198. The minimum absolute atomic E-state index is 0.0726. The first-order valence-corrected chi connectivity index (χ1v) is 9.90. The first-order valence-electron chi connectivity index (χ1n) is 6.59. The quantitative estimate of drug-likeness (QED) is 0.784. The van der Waals surface area contributed by atoms with E-state index in [4.69, 9.17) is 0 Å². The largest absolute Gasteiger partial charge is 0.224 e. The van der Waals surface area contributed by atoms with Crippen LogP contribution in [-0.2, 0) is 26.3 Å². The number of nitrogens with one attached hydrogen (secondary N) is 1. The van der Waals surface area contributed by atoms with E-state index >= 15 is 0 Å². The summed E-state index contributed by atoms with van der Waals surface area (Å²) in [6.45, 7) is 3.74. The molecule has 1 aromatic carbocycles. The molecule has 114 valence electrons. The first-order chi connectivity index (χ1) is 9.30. The van der Waals surface area contributed by atoms with Gasteiger partial charge in [0.1, 0.15) is 0 Å². The van der Waals surface area contributed by atoms with Crippen LogP contribution >= 0.6 is 0 Å². The summed E-state index contributed by atoms with van der Waals surface area (Å²) in [5, 5.41) is 0. The summed E-state index contributed by atoms with van der Waals surface area (Å²) in [6.07, 6.45) is 1.12. The van der Waals surface area contributed by atoms with Gasteiger partial charge in [0, 0.05) is 6.54 Å². The lowest BCUT2D eigenvalue weighted by Gasteiger charge is -2.06. The van der Waals surface area contributed by atoms with Gasteiger partial charge in [0.2, 0.25) is 10.0 Å². The highest BCUT2D eigenvalue weighted by Gasteiger charge is 2.11. The molecule has 7 heteroatoms. The molecule has 0 bridgehead atoms. The van der Waals surface area contributed by atoms with E-state index in [0.29, 0.717) is 24.3 Å². The van der Waals surface area contributed by atoms with E-state index in [1.54, 1.807) is 31.2 Å². The van der Waals surface area contributed by atoms with Crippen LogP contribution in [0.1, 0.15) is 25.8 Å². The monoisotopic (exact) mass is 319 g/mol. The van der Waals surface area contributed by atoms with Crippen molar-refractivity contribution in [2.75, 3.05) is 18.1 Å². The van der Waals surface area contributed by atoms with Gasteiger partial charge < -0.3 is 0 Å². The van der Waals surface area contributed by atoms with E-state index in [-0.39, 0.29) is 11.5 Å². The lowest BCUT2D eigenvalue weighted by Crippen LogP contribution is -2.28. The Kier molecular flexibility index (Phi) is 6.16. The van der Waals surface area contributed by atoms with Crippen LogP contribution in [0.4, 0.5) is 0 Å². The smallest absolute Gasteiger partial charge is 0.211 e. The number of benzene rings is 1. The molecule has 0 atom stereocenters. The molecule has 1 N–H and O–H groups in total. The summed E-state index contributed by atoms with van der Waals surface area (Å²) >= 11 is 0. The third-order valence-corrected chi connectivity index (χ3v) is 6.21. The summed E-state index contributed by atoms with van der Waals surface area (Å²) in [4.78, 5) is 0.301. The maximum atomic E-state index is 11.6. The van der Waals surface area contributed by atoms with Gasteiger partial charge in [-0.15, -0.1) is 0 Å².